The summed E-state index contributed by atoms with van der Waals surface area (Å²) in [5, 5.41) is 6.15. The van der Waals surface area contributed by atoms with Crippen LogP contribution in [-0.2, 0) is 4.79 Å². The van der Waals surface area contributed by atoms with Crippen LogP contribution in [0.1, 0.15) is 56.3 Å². The molecule has 1 aliphatic heterocycles. The number of aromatic nitrogens is 1. The molecule has 0 saturated heterocycles. The molecule has 6 nitrogen and oxygen atoms in total. The first-order valence-corrected chi connectivity index (χ1v) is 11.7. The van der Waals surface area contributed by atoms with E-state index in [0.29, 0.717) is 34.6 Å². The molecule has 2 amide bonds. The van der Waals surface area contributed by atoms with Crippen LogP contribution in [0, 0.1) is 0 Å². The van der Waals surface area contributed by atoms with Gasteiger partial charge in [-0.15, -0.1) is 0 Å². The number of nitrogens with one attached hydrogen (secondary N) is 2. The highest BCUT2D eigenvalue weighted by Crippen LogP contribution is 2.22. The van der Waals surface area contributed by atoms with Gasteiger partial charge in [-0.2, -0.15) is 0 Å². The van der Waals surface area contributed by atoms with Crippen LogP contribution in [0.15, 0.2) is 54.2 Å². The van der Waals surface area contributed by atoms with Crippen LogP contribution in [0.2, 0.25) is 5.02 Å². The third-order valence-corrected chi connectivity index (χ3v) is 5.90. The number of carbonyl (C=O) groups is 2. The maximum absolute atomic E-state index is 12.9. The molecule has 0 bridgehead atoms. The van der Waals surface area contributed by atoms with Gasteiger partial charge in [0, 0.05) is 30.9 Å². The number of anilines is 2. The van der Waals surface area contributed by atoms with Gasteiger partial charge < -0.3 is 10.6 Å². The van der Waals surface area contributed by atoms with E-state index >= 15 is 0 Å². The SMILES string of the molecule is CCCC(CCC)N1CC=C(C(=O)Nc2ccccc2C(=O)Nc2ccc(Cl)cn2)CC1. The van der Waals surface area contributed by atoms with Gasteiger partial charge in [0.05, 0.1) is 16.3 Å². The summed E-state index contributed by atoms with van der Waals surface area (Å²) in [5.74, 6) is -0.108. The molecule has 32 heavy (non-hydrogen) atoms. The van der Waals surface area contributed by atoms with Gasteiger partial charge in [0.2, 0.25) is 0 Å². The molecule has 0 fully saturated rings. The minimum absolute atomic E-state index is 0.156. The number of carbonyl (C=O) groups excluding carboxylic acids is 2. The molecule has 1 aromatic heterocycles. The first kappa shape index (κ1) is 24.0. The highest BCUT2D eigenvalue weighted by molar-refractivity contribution is 6.30. The van der Waals surface area contributed by atoms with Crippen molar-refractivity contribution in [1.29, 1.82) is 0 Å². The number of nitrogens with zero attached hydrogens (tertiary/aromatic N) is 2. The van der Waals surface area contributed by atoms with Crippen LogP contribution in [0.25, 0.3) is 0 Å². The Morgan fingerprint density at radius 3 is 2.44 bits per heavy atom. The molecule has 2 heterocycles. The summed E-state index contributed by atoms with van der Waals surface area (Å²) < 4.78 is 0. The zero-order valence-electron chi connectivity index (χ0n) is 18.7. The fraction of sp³-hybridized carbons (Fsp3) is 0.400. The molecule has 0 aliphatic carbocycles. The van der Waals surface area contributed by atoms with Gasteiger partial charge in [0.15, 0.2) is 0 Å². The third kappa shape index (κ3) is 6.40. The fourth-order valence-electron chi connectivity index (χ4n) is 4.02. The second kappa shape index (κ2) is 11.8. The normalized spacial score (nSPS) is 14.2. The van der Waals surface area contributed by atoms with Gasteiger partial charge in [-0.3, -0.25) is 14.5 Å². The minimum Gasteiger partial charge on any atom is -0.322 e. The lowest BCUT2D eigenvalue weighted by atomic mass is 10.0. The largest absolute Gasteiger partial charge is 0.322 e. The van der Waals surface area contributed by atoms with Crippen molar-refractivity contribution >= 4 is 34.9 Å². The van der Waals surface area contributed by atoms with E-state index in [9.17, 15) is 9.59 Å². The lowest BCUT2D eigenvalue weighted by Crippen LogP contribution is -2.39. The standard InChI is InChI=1S/C25H31ClN4O2/c1-3-7-20(8-4-2)30-15-13-18(14-16-30)24(31)28-22-10-6-5-9-21(22)25(32)29-23-12-11-19(26)17-27-23/h5-6,9-13,17,20H,3-4,7-8,14-16H2,1-2H3,(H,28,31)(H,27,29,32). The predicted octanol–water partition coefficient (Wildman–Crippen LogP) is 5.53. The van der Waals surface area contributed by atoms with Crippen LogP contribution in [0.3, 0.4) is 0 Å². The van der Waals surface area contributed by atoms with Gasteiger partial charge in [0.1, 0.15) is 5.82 Å². The Morgan fingerprint density at radius 2 is 1.81 bits per heavy atom. The zero-order chi connectivity index (χ0) is 22.9. The summed E-state index contributed by atoms with van der Waals surface area (Å²) in [6, 6.07) is 10.8. The van der Waals surface area contributed by atoms with Crippen LogP contribution >= 0.6 is 11.6 Å². The summed E-state index contributed by atoms with van der Waals surface area (Å²) in [6.45, 7) is 6.11. The molecule has 1 aliphatic rings. The summed E-state index contributed by atoms with van der Waals surface area (Å²) >= 11 is 5.85. The lowest BCUT2D eigenvalue weighted by Gasteiger charge is -2.33. The Morgan fingerprint density at radius 1 is 1.06 bits per heavy atom. The average molecular weight is 455 g/mol. The second-order valence-corrected chi connectivity index (χ2v) is 8.46. The van der Waals surface area contributed by atoms with E-state index in [1.165, 1.54) is 31.9 Å². The van der Waals surface area contributed by atoms with E-state index in [2.05, 4.69) is 34.4 Å². The predicted molar refractivity (Wildman–Crippen MR) is 130 cm³/mol. The summed E-state index contributed by atoms with van der Waals surface area (Å²) in [4.78, 5) is 32.2. The Bertz CT molecular complexity index is 953. The number of halogens is 1. The molecule has 0 spiro atoms. The minimum atomic E-state index is -0.346. The number of benzene rings is 1. The van der Waals surface area contributed by atoms with E-state index in [1.54, 1.807) is 36.4 Å². The van der Waals surface area contributed by atoms with Gasteiger partial charge in [-0.25, -0.2) is 4.98 Å². The second-order valence-electron chi connectivity index (χ2n) is 8.02. The first-order chi connectivity index (χ1) is 15.5. The molecule has 2 N–H and O–H groups in total. The molecule has 170 valence electrons. The van der Waals surface area contributed by atoms with Crippen molar-refractivity contribution < 1.29 is 9.59 Å². The van der Waals surface area contributed by atoms with Crippen molar-refractivity contribution in [3.05, 3.63) is 64.8 Å². The van der Waals surface area contributed by atoms with Crippen molar-refractivity contribution in [3.8, 4) is 0 Å². The van der Waals surface area contributed by atoms with Gasteiger partial charge >= 0.3 is 0 Å². The van der Waals surface area contributed by atoms with Crippen molar-refractivity contribution in [2.24, 2.45) is 0 Å². The Kier molecular flexibility index (Phi) is 8.82. The van der Waals surface area contributed by atoms with Gasteiger partial charge in [-0.05, 0) is 43.5 Å². The molecule has 0 unspecified atom stereocenters. The van der Waals surface area contributed by atoms with Crippen molar-refractivity contribution in [2.75, 3.05) is 23.7 Å². The quantitative estimate of drug-likeness (QED) is 0.522. The fourth-order valence-corrected chi connectivity index (χ4v) is 4.14. The van der Waals surface area contributed by atoms with Crippen LogP contribution in [-0.4, -0.2) is 40.8 Å². The summed E-state index contributed by atoms with van der Waals surface area (Å²) in [7, 11) is 0. The van der Waals surface area contributed by atoms with Gasteiger partial charge in [0.25, 0.3) is 11.8 Å². The Balaban J connectivity index is 1.65. The maximum atomic E-state index is 12.9. The number of amides is 2. The zero-order valence-corrected chi connectivity index (χ0v) is 19.5. The average Bonchev–Trinajstić information content (AvgIpc) is 2.81. The smallest absolute Gasteiger partial charge is 0.258 e. The van der Waals surface area contributed by atoms with Crippen molar-refractivity contribution in [1.82, 2.24) is 9.88 Å². The summed E-state index contributed by atoms with van der Waals surface area (Å²) in [5.41, 5.74) is 1.62. The molecular weight excluding hydrogens is 424 g/mol. The Labute approximate surface area is 195 Å². The molecule has 0 radical (unpaired) electrons. The topological polar surface area (TPSA) is 74.3 Å². The number of rotatable bonds is 9. The first-order valence-electron chi connectivity index (χ1n) is 11.3. The van der Waals surface area contributed by atoms with Crippen LogP contribution < -0.4 is 10.6 Å². The van der Waals surface area contributed by atoms with E-state index in [1.807, 2.05) is 6.08 Å². The maximum Gasteiger partial charge on any atom is 0.258 e. The molecule has 7 heteroatoms. The summed E-state index contributed by atoms with van der Waals surface area (Å²) in [6.07, 6.45) is 8.92. The number of para-hydroxylation sites is 1. The van der Waals surface area contributed by atoms with E-state index in [0.717, 1.165) is 18.7 Å². The van der Waals surface area contributed by atoms with E-state index in [4.69, 9.17) is 11.6 Å². The monoisotopic (exact) mass is 454 g/mol. The van der Waals surface area contributed by atoms with Crippen molar-refractivity contribution in [2.45, 2.75) is 52.0 Å². The number of hydrogen-bond donors (Lipinski definition) is 2. The lowest BCUT2D eigenvalue weighted by molar-refractivity contribution is -0.113. The van der Waals surface area contributed by atoms with Crippen molar-refractivity contribution in [3.63, 3.8) is 0 Å². The van der Waals surface area contributed by atoms with Gasteiger partial charge in [-0.1, -0.05) is 56.5 Å². The molecule has 1 aromatic carbocycles. The van der Waals surface area contributed by atoms with Crippen LogP contribution in [0.4, 0.5) is 11.5 Å². The molecule has 0 atom stereocenters. The highest BCUT2D eigenvalue weighted by atomic mass is 35.5. The molecule has 2 aromatic rings. The number of pyridine rings is 1. The Hall–Kier alpha value is -2.70. The van der Waals surface area contributed by atoms with E-state index < -0.39 is 0 Å². The highest BCUT2D eigenvalue weighted by Gasteiger charge is 2.23. The van der Waals surface area contributed by atoms with E-state index in [-0.39, 0.29) is 11.8 Å². The molecule has 0 saturated carbocycles. The molecular formula is C25H31ClN4O2. The molecule has 3 rings (SSSR count). The number of hydrogen-bond acceptors (Lipinski definition) is 4. The third-order valence-electron chi connectivity index (χ3n) is 5.68. The van der Waals surface area contributed by atoms with Crippen LogP contribution in [0.5, 0.6) is 0 Å².